The van der Waals surface area contributed by atoms with Gasteiger partial charge >= 0.3 is 29.6 Å². The molecule has 0 aliphatic rings. The molecule has 1 rings (SSSR count). The number of hydrogen-bond acceptors (Lipinski definition) is 2. The topological polar surface area (TPSA) is 18.5 Å². The van der Waals surface area contributed by atoms with Crippen molar-refractivity contribution in [3.8, 4) is 5.75 Å². The SMILES string of the molecule is CCCCCCCCCOCCOc1ccccc1.[NaH]. The second kappa shape index (κ2) is 15.4. The van der Waals surface area contributed by atoms with E-state index in [0.29, 0.717) is 13.2 Å². The van der Waals surface area contributed by atoms with Gasteiger partial charge in [-0.2, -0.15) is 0 Å². The molecule has 0 saturated heterocycles. The van der Waals surface area contributed by atoms with Crippen LogP contribution < -0.4 is 4.74 Å². The summed E-state index contributed by atoms with van der Waals surface area (Å²) < 4.78 is 11.1. The average Bonchev–Trinajstić information content (AvgIpc) is 2.46. The van der Waals surface area contributed by atoms with Crippen molar-refractivity contribution >= 4 is 29.6 Å². The molecule has 0 aromatic heterocycles. The summed E-state index contributed by atoms with van der Waals surface area (Å²) >= 11 is 0. The summed E-state index contributed by atoms with van der Waals surface area (Å²) in [6.45, 7) is 4.45. The maximum atomic E-state index is 5.56. The van der Waals surface area contributed by atoms with Crippen molar-refractivity contribution in [1.29, 1.82) is 0 Å². The number of hydrogen-bond donors (Lipinski definition) is 0. The molecule has 0 saturated carbocycles. The van der Waals surface area contributed by atoms with Crippen molar-refractivity contribution in [3.05, 3.63) is 30.3 Å². The van der Waals surface area contributed by atoms with Crippen molar-refractivity contribution in [2.45, 2.75) is 51.9 Å². The third kappa shape index (κ3) is 11.8. The van der Waals surface area contributed by atoms with E-state index in [1.54, 1.807) is 0 Å². The van der Waals surface area contributed by atoms with E-state index in [2.05, 4.69) is 6.92 Å². The van der Waals surface area contributed by atoms with Gasteiger partial charge in [0.05, 0.1) is 6.61 Å². The molecule has 1 aromatic carbocycles. The number of unbranched alkanes of at least 4 members (excludes halogenated alkanes) is 6. The molecule has 0 N–H and O–H groups in total. The molecule has 20 heavy (non-hydrogen) atoms. The van der Waals surface area contributed by atoms with E-state index in [-0.39, 0.29) is 29.6 Å². The minimum atomic E-state index is 0. The Hall–Kier alpha value is -0.0200. The van der Waals surface area contributed by atoms with Crippen molar-refractivity contribution in [2.75, 3.05) is 19.8 Å². The second-order valence-electron chi connectivity index (χ2n) is 4.90. The quantitative estimate of drug-likeness (QED) is 0.424. The molecule has 0 fully saturated rings. The summed E-state index contributed by atoms with van der Waals surface area (Å²) in [5.74, 6) is 0.919. The Balaban J connectivity index is 0.00000361. The molecule has 0 radical (unpaired) electrons. The Morgan fingerprint density at radius 1 is 0.750 bits per heavy atom. The summed E-state index contributed by atoms with van der Waals surface area (Å²) in [6, 6.07) is 9.89. The Morgan fingerprint density at radius 3 is 2.10 bits per heavy atom. The van der Waals surface area contributed by atoms with Gasteiger partial charge in [0.25, 0.3) is 0 Å². The number of benzene rings is 1. The van der Waals surface area contributed by atoms with Crippen molar-refractivity contribution in [3.63, 3.8) is 0 Å². The van der Waals surface area contributed by atoms with Crippen molar-refractivity contribution in [2.24, 2.45) is 0 Å². The first-order valence-corrected chi connectivity index (χ1v) is 7.69. The van der Waals surface area contributed by atoms with E-state index >= 15 is 0 Å². The number of rotatable bonds is 12. The Labute approximate surface area is 146 Å². The minimum absolute atomic E-state index is 0. The third-order valence-electron chi connectivity index (χ3n) is 3.13. The van der Waals surface area contributed by atoms with Crippen LogP contribution in [0.4, 0.5) is 0 Å². The average molecular weight is 288 g/mol. The third-order valence-corrected chi connectivity index (χ3v) is 3.13. The molecule has 0 spiro atoms. The van der Waals surface area contributed by atoms with Crippen LogP contribution in [0.2, 0.25) is 0 Å². The molecule has 0 atom stereocenters. The normalized spacial score (nSPS) is 10.1. The molecule has 110 valence electrons. The standard InChI is InChI=1S/C17H28O2.Na.H/c1-2-3-4-5-6-7-11-14-18-15-16-19-17-12-9-8-10-13-17;;/h8-10,12-13H,2-7,11,14-16H2,1H3;;. The molecule has 0 bridgehead atoms. The number of ether oxygens (including phenoxy) is 2. The molecule has 2 nitrogen and oxygen atoms in total. The monoisotopic (exact) mass is 288 g/mol. The fourth-order valence-electron chi connectivity index (χ4n) is 2.00. The van der Waals surface area contributed by atoms with Gasteiger partial charge in [0.1, 0.15) is 12.4 Å². The van der Waals surface area contributed by atoms with Crippen LogP contribution in [0, 0.1) is 0 Å². The van der Waals surface area contributed by atoms with E-state index in [1.165, 1.54) is 44.9 Å². The van der Waals surface area contributed by atoms with Crippen molar-refractivity contribution in [1.82, 2.24) is 0 Å². The zero-order valence-electron chi connectivity index (χ0n) is 12.3. The van der Waals surface area contributed by atoms with Gasteiger partial charge in [0, 0.05) is 6.61 Å². The van der Waals surface area contributed by atoms with Gasteiger partial charge < -0.3 is 9.47 Å². The van der Waals surface area contributed by atoms with Gasteiger partial charge in [-0.3, -0.25) is 0 Å². The Bertz CT molecular complexity index is 290. The predicted molar refractivity (Wildman–Crippen MR) is 87.9 cm³/mol. The van der Waals surface area contributed by atoms with E-state index in [1.807, 2.05) is 30.3 Å². The van der Waals surface area contributed by atoms with Crippen molar-refractivity contribution < 1.29 is 9.47 Å². The zero-order chi connectivity index (χ0) is 13.6. The van der Waals surface area contributed by atoms with E-state index < -0.39 is 0 Å². The van der Waals surface area contributed by atoms with Gasteiger partial charge in [-0.05, 0) is 18.6 Å². The molecule has 0 amide bonds. The van der Waals surface area contributed by atoms with Crippen LogP contribution in [-0.4, -0.2) is 49.4 Å². The van der Waals surface area contributed by atoms with Gasteiger partial charge in [-0.1, -0.05) is 63.6 Å². The van der Waals surface area contributed by atoms with E-state index in [4.69, 9.17) is 9.47 Å². The van der Waals surface area contributed by atoms with Gasteiger partial charge in [-0.25, -0.2) is 0 Å². The van der Waals surface area contributed by atoms with Crippen LogP contribution in [0.25, 0.3) is 0 Å². The van der Waals surface area contributed by atoms with Crippen LogP contribution in [0.15, 0.2) is 30.3 Å². The summed E-state index contributed by atoms with van der Waals surface area (Å²) in [5, 5.41) is 0. The predicted octanol–water partition coefficient (Wildman–Crippen LogP) is 4.18. The maximum absolute atomic E-state index is 5.56. The van der Waals surface area contributed by atoms with Crippen LogP contribution in [0.3, 0.4) is 0 Å². The second-order valence-corrected chi connectivity index (χ2v) is 4.90. The fraction of sp³-hybridized carbons (Fsp3) is 0.647. The Kier molecular flexibility index (Phi) is 15.4. The first-order valence-electron chi connectivity index (χ1n) is 7.69. The first-order chi connectivity index (χ1) is 9.43. The number of para-hydroxylation sites is 1. The molecule has 0 heterocycles. The van der Waals surface area contributed by atoms with Gasteiger partial charge in [-0.15, -0.1) is 0 Å². The summed E-state index contributed by atoms with van der Waals surface area (Å²) in [6.07, 6.45) is 9.30. The molecular weight excluding hydrogens is 259 g/mol. The fourth-order valence-corrected chi connectivity index (χ4v) is 2.00. The first kappa shape index (κ1) is 20.0. The summed E-state index contributed by atoms with van der Waals surface area (Å²) in [4.78, 5) is 0. The van der Waals surface area contributed by atoms with Crippen LogP contribution in [0.5, 0.6) is 5.75 Å². The van der Waals surface area contributed by atoms with E-state index in [0.717, 1.165) is 12.4 Å². The van der Waals surface area contributed by atoms with Gasteiger partial charge in [0.15, 0.2) is 0 Å². The van der Waals surface area contributed by atoms with Gasteiger partial charge in [0.2, 0.25) is 0 Å². The molecule has 0 unspecified atom stereocenters. The van der Waals surface area contributed by atoms with E-state index in [9.17, 15) is 0 Å². The molecular formula is C17H29NaO2. The zero-order valence-corrected chi connectivity index (χ0v) is 12.3. The molecule has 1 aromatic rings. The summed E-state index contributed by atoms with van der Waals surface area (Å²) in [7, 11) is 0. The van der Waals surface area contributed by atoms with Crippen LogP contribution in [-0.2, 0) is 4.74 Å². The van der Waals surface area contributed by atoms with Crippen LogP contribution in [0.1, 0.15) is 51.9 Å². The molecule has 0 aliphatic heterocycles. The van der Waals surface area contributed by atoms with Crippen LogP contribution >= 0.6 is 0 Å². The summed E-state index contributed by atoms with van der Waals surface area (Å²) in [5.41, 5.74) is 0. The Morgan fingerprint density at radius 2 is 1.40 bits per heavy atom. The molecule has 0 aliphatic carbocycles. The molecule has 3 heteroatoms.